The summed E-state index contributed by atoms with van der Waals surface area (Å²) in [7, 11) is 0. The van der Waals surface area contributed by atoms with Gasteiger partial charge in [0.25, 0.3) is 5.91 Å². The molecule has 0 radical (unpaired) electrons. The highest BCUT2D eigenvalue weighted by Gasteiger charge is 2.25. The third-order valence-corrected chi connectivity index (χ3v) is 3.98. The number of nitrogen functional groups attached to an aromatic ring is 1. The zero-order chi connectivity index (χ0) is 13.7. The molecule has 8 heteroatoms. The summed E-state index contributed by atoms with van der Waals surface area (Å²) in [6.07, 6.45) is 0. The first kappa shape index (κ1) is 12.4. The van der Waals surface area contributed by atoms with Crippen LogP contribution >= 0.6 is 34.5 Å². The van der Waals surface area contributed by atoms with Crippen LogP contribution in [0.5, 0.6) is 5.88 Å². The second-order valence-corrected chi connectivity index (χ2v) is 5.65. The van der Waals surface area contributed by atoms with Crippen LogP contribution in [0.1, 0.15) is 4.88 Å². The van der Waals surface area contributed by atoms with Gasteiger partial charge in [0, 0.05) is 10.2 Å². The summed E-state index contributed by atoms with van der Waals surface area (Å²) in [5.41, 5.74) is 5.73. The summed E-state index contributed by atoms with van der Waals surface area (Å²) in [6, 6.07) is 3.07. The highest BCUT2D eigenvalue weighted by molar-refractivity contribution is 7.17. The monoisotopic (exact) mass is 313 g/mol. The van der Waals surface area contributed by atoms with Crippen molar-refractivity contribution in [1.29, 1.82) is 0 Å². The number of carbonyl (C=O) groups excluding carboxylic acids is 1. The lowest BCUT2D eigenvalue weighted by Gasteiger charge is -1.96. The van der Waals surface area contributed by atoms with Crippen LogP contribution in [0.25, 0.3) is 5.57 Å². The van der Waals surface area contributed by atoms with Gasteiger partial charge in [-0.05, 0) is 12.1 Å². The van der Waals surface area contributed by atoms with E-state index in [2.05, 4.69) is 9.98 Å². The second kappa shape index (κ2) is 4.19. The minimum atomic E-state index is -0.502. The van der Waals surface area contributed by atoms with E-state index in [0.29, 0.717) is 15.6 Å². The fraction of sp³-hybridized carbons (Fsp3) is 0. The van der Waals surface area contributed by atoms with Crippen LogP contribution in [0.15, 0.2) is 17.1 Å². The zero-order valence-electron chi connectivity index (χ0n) is 9.15. The Hall–Kier alpha value is -1.63. The standard InChI is InChI=1S/C11H5Cl2N3O2S/c12-3-1-4-6(8-10(18)16-11(14)19-8)9(17)15-7(4)5(13)2-3/h1-2,18H,(H2,14,16). The van der Waals surface area contributed by atoms with E-state index in [9.17, 15) is 9.90 Å². The van der Waals surface area contributed by atoms with Crippen molar-refractivity contribution >= 4 is 51.2 Å². The number of hydrogen-bond donors (Lipinski definition) is 2. The maximum atomic E-state index is 12.0. The van der Waals surface area contributed by atoms with Gasteiger partial charge in [0.15, 0.2) is 5.13 Å². The molecular formula is C11H5Cl2N3O2S. The number of thiazole rings is 1. The number of amides is 1. The Morgan fingerprint density at radius 3 is 2.68 bits per heavy atom. The number of nitrogens with zero attached hydrogens (tertiary/aromatic N) is 2. The molecule has 1 aliphatic rings. The summed E-state index contributed by atoms with van der Waals surface area (Å²) < 4.78 is 0. The minimum Gasteiger partial charge on any atom is -0.492 e. The highest BCUT2D eigenvalue weighted by atomic mass is 35.5. The molecule has 0 saturated heterocycles. The van der Waals surface area contributed by atoms with Gasteiger partial charge in [0.2, 0.25) is 5.88 Å². The minimum absolute atomic E-state index is 0.161. The average Bonchev–Trinajstić information content (AvgIpc) is 2.78. The Morgan fingerprint density at radius 1 is 1.32 bits per heavy atom. The predicted molar refractivity (Wildman–Crippen MR) is 73.0 cm³/mol. The largest absolute Gasteiger partial charge is 0.492 e. The van der Waals surface area contributed by atoms with Crippen molar-refractivity contribution in [3.05, 3.63) is 37.6 Å². The molecule has 19 heavy (non-hydrogen) atoms. The molecule has 1 amide bonds. The van der Waals surface area contributed by atoms with E-state index in [1.165, 1.54) is 6.07 Å². The van der Waals surface area contributed by atoms with Gasteiger partial charge in [-0.2, -0.15) is 4.98 Å². The number of halogens is 2. The van der Waals surface area contributed by atoms with E-state index < -0.39 is 5.91 Å². The molecule has 1 aromatic carbocycles. The van der Waals surface area contributed by atoms with Crippen molar-refractivity contribution in [3.8, 4) is 5.88 Å². The van der Waals surface area contributed by atoms with Crippen molar-refractivity contribution in [2.75, 3.05) is 5.73 Å². The number of benzene rings is 1. The third-order valence-electron chi connectivity index (χ3n) is 2.58. The number of anilines is 1. The lowest BCUT2D eigenvalue weighted by atomic mass is 10.1. The summed E-state index contributed by atoms with van der Waals surface area (Å²) in [4.78, 5) is 19.8. The number of fused-ring (bicyclic) bond motifs is 1. The fourth-order valence-electron chi connectivity index (χ4n) is 1.85. The molecule has 0 atom stereocenters. The molecule has 3 N–H and O–H groups in total. The Kier molecular flexibility index (Phi) is 2.74. The molecule has 0 bridgehead atoms. The van der Waals surface area contributed by atoms with Crippen LogP contribution in [-0.4, -0.2) is 16.0 Å². The van der Waals surface area contributed by atoms with Gasteiger partial charge in [-0.3, -0.25) is 4.79 Å². The third kappa shape index (κ3) is 1.88. The molecule has 1 aliphatic heterocycles. The van der Waals surface area contributed by atoms with E-state index in [4.69, 9.17) is 28.9 Å². The lowest BCUT2D eigenvalue weighted by Crippen LogP contribution is -2.24. The highest BCUT2D eigenvalue weighted by Crippen LogP contribution is 2.32. The molecule has 0 spiro atoms. The van der Waals surface area contributed by atoms with Crippen LogP contribution in [-0.2, 0) is 4.79 Å². The molecule has 0 aliphatic carbocycles. The maximum Gasteiger partial charge on any atom is 0.279 e. The average molecular weight is 314 g/mol. The van der Waals surface area contributed by atoms with Crippen molar-refractivity contribution in [2.24, 2.45) is 4.99 Å². The normalized spacial score (nSPS) is 13.6. The van der Waals surface area contributed by atoms with Gasteiger partial charge in [-0.1, -0.05) is 34.5 Å². The molecule has 1 aromatic heterocycles. The van der Waals surface area contributed by atoms with Gasteiger partial charge < -0.3 is 10.8 Å². The van der Waals surface area contributed by atoms with E-state index in [-0.39, 0.29) is 26.5 Å². The van der Waals surface area contributed by atoms with Crippen molar-refractivity contribution in [1.82, 2.24) is 4.98 Å². The van der Waals surface area contributed by atoms with Gasteiger partial charge in [0.05, 0.1) is 16.0 Å². The molecule has 3 rings (SSSR count). The van der Waals surface area contributed by atoms with Crippen molar-refractivity contribution in [2.45, 2.75) is 0 Å². The topological polar surface area (TPSA) is 88.6 Å². The quantitative estimate of drug-likeness (QED) is 0.825. The number of nitrogens with two attached hydrogens (primary N) is 1. The van der Waals surface area contributed by atoms with Gasteiger partial charge >= 0.3 is 0 Å². The van der Waals surface area contributed by atoms with E-state index >= 15 is 0 Å². The van der Waals surface area contributed by atoms with E-state index in [0.717, 1.165) is 11.3 Å². The molecule has 2 aromatic rings. The number of carbonyl (C=O) groups is 1. The van der Waals surface area contributed by atoms with Crippen molar-refractivity contribution < 1.29 is 9.90 Å². The zero-order valence-corrected chi connectivity index (χ0v) is 11.5. The van der Waals surface area contributed by atoms with Gasteiger partial charge in [-0.15, -0.1) is 0 Å². The van der Waals surface area contributed by atoms with Crippen molar-refractivity contribution in [3.63, 3.8) is 0 Å². The lowest BCUT2D eigenvalue weighted by molar-refractivity contribution is -0.112. The van der Waals surface area contributed by atoms with E-state index in [1.54, 1.807) is 6.07 Å². The second-order valence-electron chi connectivity index (χ2n) is 3.78. The Balaban J connectivity index is 2.45. The molecule has 0 fully saturated rings. The molecule has 0 unspecified atom stereocenters. The molecular weight excluding hydrogens is 309 g/mol. The summed E-state index contributed by atoms with van der Waals surface area (Å²) >= 11 is 12.9. The van der Waals surface area contributed by atoms with Gasteiger partial charge in [-0.25, -0.2) is 4.99 Å². The first-order chi connectivity index (χ1) is 8.97. The van der Waals surface area contributed by atoms with Crippen LogP contribution < -0.4 is 16.3 Å². The Labute approximate surface area is 120 Å². The van der Waals surface area contributed by atoms with E-state index in [1.807, 2.05) is 0 Å². The maximum absolute atomic E-state index is 12.0. The van der Waals surface area contributed by atoms with Crippen LogP contribution in [0.2, 0.25) is 10.0 Å². The number of hydrogen-bond acceptors (Lipinski definition) is 5. The van der Waals surface area contributed by atoms with Crippen LogP contribution in [0.3, 0.4) is 0 Å². The van der Waals surface area contributed by atoms with Crippen LogP contribution in [0, 0.1) is 0 Å². The Bertz CT molecular complexity index is 844. The fourth-order valence-corrected chi connectivity index (χ4v) is 3.17. The predicted octanol–water partition coefficient (Wildman–Crippen LogP) is 1.10. The number of aromatic nitrogens is 1. The summed E-state index contributed by atoms with van der Waals surface area (Å²) in [5.74, 6) is -0.803. The number of rotatable bonds is 1. The molecule has 5 nitrogen and oxygen atoms in total. The van der Waals surface area contributed by atoms with Gasteiger partial charge in [0.1, 0.15) is 4.88 Å². The molecule has 96 valence electrons. The molecule has 0 saturated carbocycles. The Morgan fingerprint density at radius 2 is 2.05 bits per heavy atom. The van der Waals surface area contributed by atoms with Crippen LogP contribution in [0.4, 0.5) is 5.13 Å². The SMILES string of the molecule is Nc1nc(O)c(C2=c3cc(Cl)cc(Cl)c3=NC2=O)s1. The number of aromatic hydroxyl groups is 1. The first-order valence-corrected chi connectivity index (χ1v) is 6.62. The summed E-state index contributed by atoms with van der Waals surface area (Å²) in [6.45, 7) is 0. The first-order valence-electron chi connectivity index (χ1n) is 5.05. The summed E-state index contributed by atoms with van der Waals surface area (Å²) in [5, 5.41) is 11.4. The smallest absolute Gasteiger partial charge is 0.279 e. The molecule has 2 heterocycles.